The summed E-state index contributed by atoms with van der Waals surface area (Å²) < 4.78 is 26.6. The van der Waals surface area contributed by atoms with Crippen molar-refractivity contribution in [3.63, 3.8) is 0 Å². The van der Waals surface area contributed by atoms with Crippen molar-refractivity contribution < 1.29 is 13.2 Å². The van der Waals surface area contributed by atoms with Crippen molar-refractivity contribution in [2.75, 3.05) is 24.0 Å². The Morgan fingerprint density at radius 1 is 1.13 bits per heavy atom. The summed E-state index contributed by atoms with van der Waals surface area (Å²) in [6, 6.07) is 13.5. The fourth-order valence-electron chi connectivity index (χ4n) is 2.98. The van der Waals surface area contributed by atoms with E-state index in [1.54, 1.807) is 35.7 Å². The molecule has 166 valence electrons. The van der Waals surface area contributed by atoms with Crippen molar-refractivity contribution in [2.45, 2.75) is 36.1 Å². The van der Waals surface area contributed by atoms with E-state index in [9.17, 15) is 13.2 Å². The summed E-state index contributed by atoms with van der Waals surface area (Å²) in [5.41, 5.74) is 2.15. The number of thiazole rings is 1. The quantitative estimate of drug-likeness (QED) is 0.316. The number of carbonyl (C=O) groups excluding carboxylic acids is 1. The highest BCUT2D eigenvalue weighted by atomic mass is 32.2. The first-order valence-electron chi connectivity index (χ1n) is 9.87. The lowest BCUT2D eigenvalue weighted by Crippen LogP contribution is -2.18. The molecule has 1 heterocycles. The van der Waals surface area contributed by atoms with Crippen LogP contribution in [0.2, 0.25) is 0 Å². The number of hydrogen-bond acceptors (Lipinski definition) is 6. The van der Waals surface area contributed by atoms with E-state index in [0.717, 1.165) is 34.7 Å². The maximum Gasteiger partial charge on any atom is 0.248 e. The molecule has 9 heteroatoms. The van der Waals surface area contributed by atoms with Gasteiger partial charge in [0.05, 0.1) is 15.1 Å². The van der Waals surface area contributed by atoms with E-state index in [1.807, 2.05) is 16.9 Å². The van der Waals surface area contributed by atoms with E-state index < -0.39 is 9.84 Å². The van der Waals surface area contributed by atoms with Crippen LogP contribution in [-0.4, -0.2) is 42.9 Å². The lowest BCUT2D eigenvalue weighted by molar-refractivity contribution is -0.118. The van der Waals surface area contributed by atoms with E-state index in [4.69, 9.17) is 0 Å². The first kappa shape index (κ1) is 24.1. The molecule has 0 aliphatic heterocycles. The third kappa shape index (κ3) is 6.71. The monoisotopic (exact) mass is 494 g/mol. The van der Waals surface area contributed by atoms with E-state index >= 15 is 0 Å². The van der Waals surface area contributed by atoms with E-state index in [2.05, 4.69) is 36.2 Å². The molecule has 2 aromatic carbocycles. The molecule has 3 rings (SSSR count). The average Bonchev–Trinajstić information content (AvgIpc) is 3.06. The van der Waals surface area contributed by atoms with E-state index in [0.29, 0.717) is 11.2 Å². The van der Waals surface area contributed by atoms with E-state index in [-0.39, 0.29) is 10.8 Å². The van der Waals surface area contributed by atoms with Crippen LogP contribution in [0.15, 0.2) is 57.2 Å². The summed E-state index contributed by atoms with van der Waals surface area (Å²) >= 11 is 4.83. The van der Waals surface area contributed by atoms with Crippen LogP contribution in [-0.2, 0) is 21.2 Å². The Balaban J connectivity index is 1.75. The van der Waals surface area contributed by atoms with Crippen LogP contribution in [0.25, 0.3) is 10.2 Å². The van der Waals surface area contributed by atoms with Crippen LogP contribution >= 0.6 is 34.9 Å². The molecule has 0 aliphatic carbocycles. The number of aromatic nitrogens is 1. The largest absolute Gasteiger partial charge is 0.316 e. The van der Waals surface area contributed by atoms with Gasteiger partial charge in [0.25, 0.3) is 0 Å². The van der Waals surface area contributed by atoms with Crippen LogP contribution in [0.1, 0.15) is 18.4 Å². The highest BCUT2D eigenvalue weighted by Gasteiger charge is 2.13. The molecule has 0 unspecified atom stereocenters. The van der Waals surface area contributed by atoms with Crippen LogP contribution in [0.4, 0.5) is 0 Å². The highest BCUT2D eigenvalue weighted by molar-refractivity contribution is 7.99. The number of amides is 1. The number of fused-ring (bicyclic) bond motifs is 1. The molecule has 0 saturated heterocycles. The van der Waals surface area contributed by atoms with Crippen LogP contribution in [0.5, 0.6) is 0 Å². The summed E-state index contributed by atoms with van der Waals surface area (Å²) in [5.74, 6) is 1.60. The Hall–Kier alpha value is -1.55. The van der Waals surface area contributed by atoms with Gasteiger partial charge in [-0.25, -0.2) is 8.42 Å². The zero-order valence-electron chi connectivity index (χ0n) is 17.8. The average molecular weight is 495 g/mol. The lowest BCUT2D eigenvalue weighted by atomic mass is 10.2. The normalized spacial score (nSPS) is 12.5. The zero-order chi connectivity index (χ0) is 22.4. The van der Waals surface area contributed by atoms with Crippen molar-refractivity contribution in [3.8, 4) is 0 Å². The molecule has 0 aliphatic rings. The third-order valence-corrected chi connectivity index (χ3v) is 8.49. The van der Waals surface area contributed by atoms with Crippen LogP contribution < -0.4 is 4.80 Å². The van der Waals surface area contributed by atoms with Gasteiger partial charge in [0.15, 0.2) is 14.6 Å². The molecule has 3 aromatic rings. The number of rotatable bonds is 9. The van der Waals surface area contributed by atoms with Crippen LogP contribution in [0.3, 0.4) is 0 Å². The first-order chi connectivity index (χ1) is 14.8. The summed E-state index contributed by atoms with van der Waals surface area (Å²) in [7, 11) is -3.28. The second-order valence-electron chi connectivity index (χ2n) is 7.20. The fraction of sp³-hybridized carbons (Fsp3) is 0.364. The molecule has 1 amide bonds. The molecule has 5 nitrogen and oxygen atoms in total. The first-order valence-corrected chi connectivity index (χ1v) is 15.0. The van der Waals surface area contributed by atoms with Gasteiger partial charge in [-0.2, -0.15) is 16.8 Å². The molecule has 0 atom stereocenters. The molecule has 1 aromatic heterocycles. The topological polar surface area (TPSA) is 68.5 Å². The Morgan fingerprint density at radius 3 is 2.55 bits per heavy atom. The fourth-order valence-corrected chi connectivity index (χ4v) is 6.03. The standard InChI is InChI=1S/C22H26N2O3S4/c1-16-6-8-17(9-7-16)29-13-4-5-21(25)23-22-24(12-14-28-2)19-11-10-18(31(3,26)27)15-20(19)30-22/h6-11,15H,4-5,12-14H2,1-3H3. The molecule has 31 heavy (non-hydrogen) atoms. The molecule has 0 bridgehead atoms. The molecular weight excluding hydrogens is 469 g/mol. The molecule has 0 fully saturated rings. The number of aryl methyl sites for hydroxylation is 2. The predicted octanol–water partition coefficient (Wildman–Crippen LogP) is 4.78. The van der Waals surface area contributed by atoms with Crippen molar-refractivity contribution in [1.29, 1.82) is 0 Å². The predicted molar refractivity (Wildman–Crippen MR) is 133 cm³/mol. The maximum atomic E-state index is 12.5. The second kappa shape index (κ2) is 10.8. The van der Waals surface area contributed by atoms with Gasteiger partial charge >= 0.3 is 0 Å². The van der Waals surface area contributed by atoms with Gasteiger partial charge in [0.1, 0.15) is 0 Å². The van der Waals surface area contributed by atoms with E-state index in [1.165, 1.54) is 28.1 Å². The minimum atomic E-state index is -3.28. The molecule has 0 radical (unpaired) electrons. The van der Waals surface area contributed by atoms with Crippen molar-refractivity contribution >= 4 is 60.8 Å². The SMILES string of the molecule is CSCCn1c(=NC(=O)CCCSc2ccc(C)cc2)sc2cc(S(C)(=O)=O)ccc21. The van der Waals surface area contributed by atoms with Gasteiger partial charge in [-0.3, -0.25) is 4.79 Å². The minimum Gasteiger partial charge on any atom is -0.316 e. The highest BCUT2D eigenvalue weighted by Crippen LogP contribution is 2.23. The molecular formula is C22H26N2O3S4. The van der Waals surface area contributed by atoms with Gasteiger partial charge in [-0.05, 0) is 55.7 Å². The van der Waals surface area contributed by atoms with Gasteiger partial charge in [0.2, 0.25) is 5.91 Å². The summed E-state index contributed by atoms with van der Waals surface area (Å²) in [5, 5.41) is 0. The summed E-state index contributed by atoms with van der Waals surface area (Å²) in [6.45, 7) is 2.78. The Bertz CT molecular complexity index is 1230. The van der Waals surface area contributed by atoms with Gasteiger partial charge < -0.3 is 4.57 Å². The zero-order valence-corrected chi connectivity index (χ0v) is 21.1. The van der Waals surface area contributed by atoms with Gasteiger partial charge in [-0.1, -0.05) is 29.0 Å². The number of hydrogen-bond donors (Lipinski definition) is 0. The summed E-state index contributed by atoms with van der Waals surface area (Å²) in [4.78, 5) is 19.0. The van der Waals surface area contributed by atoms with Crippen molar-refractivity contribution in [2.24, 2.45) is 4.99 Å². The number of sulfone groups is 1. The Kier molecular flexibility index (Phi) is 8.43. The number of thioether (sulfide) groups is 2. The second-order valence-corrected chi connectivity index (χ2v) is 12.4. The number of benzene rings is 2. The minimum absolute atomic E-state index is 0.141. The van der Waals surface area contributed by atoms with Gasteiger partial charge in [0, 0.05) is 29.9 Å². The summed E-state index contributed by atoms with van der Waals surface area (Å²) in [6.07, 6.45) is 4.39. The molecule has 0 spiro atoms. The van der Waals surface area contributed by atoms with Crippen molar-refractivity contribution in [1.82, 2.24) is 4.57 Å². The molecule has 0 saturated carbocycles. The molecule has 0 N–H and O–H groups in total. The lowest BCUT2D eigenvalue weighted by Gasteiger charge is -2.04. The smallest absolute Gasteiger partial charge is 0.248 e. The number of nitrogens with zero attached hydrogens (tertiary/aromatic N) is 2. The Labute approximate surface area is 195 Å². The van der Waals surface area contributed by atoms with Crippen LogP contribution in [0, 0.1) is 6.92 Å². The van der Waals surface area contributed by atoms with Crippen molar-refractivity contribution in [3.05, 3.63) is 52.8 Å². The Morgan fingerprint density at radius 2 is 1.87 bits per heavy atom. The van der Waals surface area contributed by atoms with Gasteiger partial charge in [-0.15, -0.1) is 11.8 Å². The maximum absolute atomic E-state index is 12.5. The third-order valence-electron chi connectivity index (χ3n) is 4.65. The number of carbonyl (C=O) groups is 1.